The molecule has 1 aromatic rings. The number of thiophene rings is 1. The number of ether oxygens (including phenoxy) is 1. The molecule has 18 heavy (non-hydrogen) atoms. The van der Waals surface area contributed by atoms with Crippen molar-refractivity contribution in [3.05, 3.63) is 17.0 Å². The zero-order valence-corrected chi connectivity index (χ0v) is 12.5. The number of halogens is 1. The van der Waals surface area contributed by atoms with Crippen molar-refractivity contribution in [2.45, 2.75) is 29.0 Å². The molecule has 0 N–H and O–H groups in total. The van der Waals surface area contributed by atoms with E-state index in [0.717, 1.165) is 17.7 Å². The second kappa shape index (κ2) is 5.88. The minimum atomic E-state index is -3.35. The van der Waals surface area contributed by atoms with Crippen molar-refractivity contribution < 1.29 is 13.2 Å². The highest BCUT2D eigenvalue weighted by Crippen LogP contribution is 2.28. The first kappa shape index (κ1) is 14.3. The predicted molar refractivity (Wildman–Crippen MR) is 72.7 cm³/mol. The molecule has 1 aromatic heterocycles. The van der Waals surface area contributed by atoms with Crippen molar-refractivity contribution in [3.8, 4) is 0 Å². The van der Waals surface area contributed by atoms with E-state index in [2.05, 4.69) is 0 Å². The normalized spacial score (nSPS) is 19.2. The van der Waals surface area contributed by atoms with Gasteiger partial charge in [0.1, 0.15) is 4.21 Å². The van der Waals surface area contributed by atoms with Crippen LogP contribution >= 0.6 is 22.9 Å². The van der Waals surface area contributed by atoms with Crippen LogP contribution in [-0.4, -0.2) is 39.0 Å². The first-order valence-corrected chi connectivity index (χ1v) is 8.54. The number of hydrogen-bond acceptors (Lipinski definition) is 4. The molecule has 2 rings (SSSR count). The number of hydrogen-bond donors (Lipinski definition) is 0. The fraction of sp³-hybridized carbons (Fsp3) is 0.636. The highest BCUT2D eigenvalue weighted by atomic mass is 35.5. The average Bonchev–Trinajstić information content (AvgIpc) is 2.88. The summed E-state index contributed by atoms with van der Waals surface area (Å²) in [5.41, 5.74) is 0. The summed E-state index contributed by atoms with van der Waals surface area (Å²) < 4.78 is 31.9. The van der Waals surface area contributed by atoms with Gasteiger partial charge in [0.05, 0.1) is 12.0 Å². The molecule has 0 saturated carbocycles. The van der Waals surface area contributed by atoms with Crippen LogP contribution in [0.4, 0.5) is 0 Å². The summed E-state index contributed by atoms with van der Waals surface area (Å²) in [6.07, 6.45) is 1.69. The maximum absolute atomic E-state index is 12.4. The van der Waals surface area contributed by atoms with E-state index in [4.69, 9.17) is 16.3 Å². The highest BCUT2D eigenvalue weighted by Gasteiger charge is 2.30. The SMILES string of the molecule is COC1CCN(S(=O)(=O)c2ccc(CCl)s2)CC1. The zero-order chi connectivity index (χ0) is 13.2. The lowest BCUT2D eigenvalue weighted by atomic mass is 10.1. The zero-order valence-electron chi connectivity index (χ0n) is 10.1. The van der Waals surface area contributed by atoms with Crippen molar-refractivity contribution in [3.63, 3.8) is 0 Å². The van der Waals surface area contributed by atoms with Crippen LogP contribution in [-0.2, 0) is 20.6 Å². The van der Waals surface area contributed by atoms with Crippen LogP contribution in [0.5, 0.6) is 0 Å². The van der Waals surface area contributed by atoms with Crippen molar-refractivity contribution >= 4 is 33.0 Å². The smallest absolute Gasteiger partial charge is 0.252 e. The summed E-state index contributed by atoms with van der Waals surface area (Å²) in [6, 6.07) is 3.41. The summed E-state index contributed by atoms with van der Waals surface area (Å²) >= 11 is 6.95. The third-order valence-corrected chi connectivity index (χ3v) is 6.99. The third-order valence-electron chi connectivity index (χ3n) is 3.10. The minimum absolute atomic E-state index is 0.179. The topological polar surface area (TPSA) is 46.6 Å². The highest BCUT2D eigenvalue weighted by molar-refractivity contribution is 7.91. The van der Waals surface area contributed by atoms with E-state index in [0.29, 0.717) is 23.2 Å². The molecular formula is C11H16ClNO3S2. The molecule has 0 aromatic carbocycles. The Bertz CT molecular complexity index is 492. The lowest BCUT2D eigenvalue weighted by Crippen LogP contribution is -2.40. The van der Waals surface area contributed by atoms with E-state index in [1.165, 1.54) is 15.6 Å². The molecular weight excluding hydrogens is 294 g/mol. The Morgan fingerprint density at radius 2 is 2.11 bits per heavy atom. The Balaban J connectivity index is 2.12. The molecule has 0 aliphatic carbocycles. The van der Waals surface area contributed by atoms with Crippen molar-refractivity contribution in [2.75, 3.05) is 20.2 Å². The van der Waals surface area contributed by atoms with E-state index in [-0.39, 0.29) is 6.10 Å². The van der Waals surface area contributed by atoms with Gasteiger partial charge in [-0.25, -0.2) is 8.42 Å². The van der Waals surface area contributed by atoms with E-state index >= 15 is 0 Å². The lowest BCUT2D eigenvalue weighted by molar-refractivity contribution is 0.0605. The van der Waals surface area contributed by atoms with Gasteiger partial charge >= 0.3 is 0 Å². The summed E-state index contributed by atoms with van der Waals surface area (Å²) in [4.78, 5) is 0.877. The number of nitrogens with zero attached hydrogens (tertiary/aromatic N) is 1. The molecule has 1 aliphatic rings. The first-order chi connectivity index (χ1) is 8.57. The van der Waals surface area contributed by atoms with E-state index in [9.17, 15) is 8.42 Å². The number of alkyl halides is 1. The number of sulfonamides is 1. The number of rotatable bonds is 4. The van der Waals surface area contributed by atoms with E-state index in [1.807, 2.05) is 0 Å². The van der Waals surface area contributed by atoms with Gasteiger partial charge in [-0.05, 0) is 25.0 Å². The molecule has 0 atom stereocenters. The molecule has 0 amide bonds. The first-order valence-electron chi connectivity index (χ1n) is 5.75. The Morgan fingerprint density at radius 1 is 1.44 bits per heavy atom. The maximum atomic E-state index is 12.4. The summed E-state index contributed by atoms with van der Waals surface area (Å²) in [5, 5.41) is 0. The summed E-state index contributed by atoms with van der Waals surface area (Å²) in [7, 11) is -1.68. The molecule has 1 saturated heterocycles. The fourth-order valence-corrected chi connectivity index (χ4v) is 5.09. The quantitative estimate of drug-likeness (QED) is 0.802. The molecule has 2 heterocycles. The van der Waals surface area contributed by atoms with Gasteiger partial charge in [0.2, 0.25) is 0 Å². The van der Waals surface area contributed by atoms with Gasteiger partial charge in [0.15, 0.2) is 0 Å². The van der Waals surface area contributed by atoms with Crippen LogP contribution < -0.4 is 0 Å². The molecule has 1 fully saturated rings. The average molecular weight is 310 g/mol. The van der Waals surface area contributed by atoms with Gasteiger partial charge in [0, 0.05) is 25.1 Å². The van der Waals surface area contributed by atoms with Gasteiger partial charge in [-0.2, -0.15) is 4.31 Å². The second-order valence-corrected chi connectivity index (χ2v) is 7.79. The Kier molecular flexibility index (Phi) is 4.66. The van der Waals surface area contributed by atoms with Crippen LogP contribution in [0.2, 0.25) is 0 Å². The van der Waals surface area contributed by atoms with Crippen molar-refractivity contribution in [2.24, 2.45) is 0 Å². The minimum Gasteiger partial charge on any atom is -0.381 e. The third kappa shape index (κ3) is 2.88. The van der Waals surface area contributed by atoms with Crippen LogP contribution in [0.25, 0.3) is 0 Å². The van der Waals surface area contributed by atoms with E-state index < -0.39 is 10.0 Å². The summed E-state index contributed by atoms with van der Waals surface area (Å²) in [6.45, 7) is 1.05. The Labute approximate surface area is 117 Å². The number of piperidine rings is 1. The molecule has 102 valence electrons. The molecule has 0 bridgehead atoms. The Morgan fingerprint density at radius 3 is 2.61 bits per heavy atom. The lowest BCUT2D eigenvalue weighted by Gasteiger charge is -2.29. The van der Waals surface area contributed by atoms with Gasteiger partial charge in [-0.1, -0.05) is 0 Å². The molecule has 0 unspecified atom stereocenters. The largest absolute Gasteiger partial charge is 0.381 e. The molecule has 7 heteroatoms. The van der Waals surface area contributed by atoms with Crippen LogP contribution in [0.3, 0.4) is 0 Å². The van der Waals surface area contributed by atoms with Crippen molar-refractivity contribution in [1.29, 1.82) is 0 Å². The molecule has 1 aliphatic heterocycles. The van der Waals surface area contributed by atoms with Gasteiger partial charge < -0.3 is 4.74 Å². The van der Waals surface area contributed by atoms with Gasteiger partial charge in [0.25, 0.3) is 10.0 Å². The van der Waals surface area contributed by atoms with Crippen LogP contribution in [0.15, 0.2) is 16.3 Å². The number of methoxy groups -OCH3 is 1. The van der Waals surface area contributed by atoms with Gasteiger partial charge in [-0.3, -0.25) is 0 Å². The predicted octanol–water partition coefficient (Wildman–Crippen LogP) is 2.29. The molecule has 0 radical (unpaired) electrons. The standard InChI is InChI=1S/C11H16ClNO3S2/c1-16-9-4-6-13(7-5-9)18(14,15)11-3-2-10(8-12)17-11/h2-3,9H,4-8H2,1H3. The second-order valence-electron chi connectivity index (χ2n) is 4.19. The summed E-state index contributed by atoms with van der Waals surface area (Å²) in [5.74, 6) is 0.353. The monoisotopic (exact) mass is 309 g/mol. The Hall–Kier alpha value is -0.140. The van der Waals surface area contributed by atoms with Gasteiger partial charge in [-0.15, -0.1) is 22.9 Å². The van der Waals surface area contributed by atoms with Crippen LogP contribution in [0, 0.1) is 0 Å². The molecule has 0 spiro atoms. The van der Waals surface area contributed by atoms with Crippen LogP contribution in [0.1, 0.15) is 17.7 Å². The van der Waals surface area contributed by atoms with Crippen molar-refractivity contribution in [1.82, 2.24) is 4.31 Å². The van der Waals surface area contributed by atoms with E-state index in [1.54, 1.807) is 19.2 Å². The maximum Gasteiger partial charge on any atom is 0.252 e. The molecule has 4 nitrogen and oxygen atoms in total. The fourth-order valence-electron chi connectivity index (χ4n) is 2.00.